The summed E-state index contributed by atoms with van der Waals surface area (Å²) in [4.78, 5) is 0. The summed E-state index contributed by atoms with van der Waals surface area (Å²) in [5.41, 5.74) is 1.17. The Hall–Kier alpha value is -0.0231. The van der Waals surface area contributed by atoms with E-state index in [9.17, 15) is 0 Å². The zero-order valence-electron chi connectivity index (χ0n) is 6.54. The standard InChI is InChI=1S/C8H10Cl2OSi/c9-8(10)12-11-6-7-4-2-1-3-5-7/h1-5,8H,6,12H2. The Morgan fingerprint density at radius 3 is 2.50 bits per heavy atom. The fourth-order valence-corrected chi connectivity index (χ4v) is 1.91. The smallest absolute Gasteiger partial charge is 0.196 e. The topological polar surface area (TPSA) is 9.23 Å². The van der Waals surface area contributed by atoms with E-state index >= 15 is 0 Å². The lowest BCUT2D eigenvalue weighted by Gasteiger charge is -2.03. The van der Waals surface area contributed by atoms with Gasteiger partial charge in [0.2, 0.25) is 0 Å². The quantitative estimate of drug-likeness (QED) is 0.558. The van der Waals surface area contributed by atoms with Crippen molar-refractivity contribution in [2.24, 2.45) is 0 Å². The SMILES string of the molecule is ClC(Cl)[SiH2]OCc1ccccc1. The molecule has 0 bridgehead atoms. The minimum Gasteiger partial charge on any atom is -0.417 e. The maximum atomic E-state index is 5.55. The molecule has 0 unspecified atom stereocenters. The molecule has 4 heteroatoms. The van der Waals surface area contributed by atoms with Gasteiger partial charge < -0.3 is 4.43 Å². The van der Waals surface area contributed by atoms with Crippen LogP contribution in [-0.4, -0.2) is 14.2 Å². The summed E-state index contributed by atoms with van der Waals surface area (Å²) in [6, 6.07) is 9.99. The highest BCUT2D eigenvalue weighted by molar-refractivity contribution is 6.65. The van der Waals surface area contributed by atoms with Crippen LogP contribution in [0.3, 0.4) is 0 Å². The number of rotatable bonds is 4. The molecule has 0 atom stereocenters. The van der Waals surface area contributed by atoms with Crippen LogP contribution in [0.1, 0.15) is 5.56 Å². The molecule has 0 saturated carbocycles. The first kappa shape index (κ1) is 10.1. The third-order valence-electron chi connectivity index (χ3n) is 1.36. The predicted molar refractivity (Wildman–Crippen MR) is 55.3 cm³/mol. The van der Waals surface area contributed by atoms with Gasteiger partial charge in [0.15, 0.2) is 9.76 Å². The van der Waals surface area contributed by atoms with Crippen molar-refractivity contribution in [2.75, 3.05) is 0 Å². The van der Waals surface area contributed by atoms with Crippen LogP contribution in [0.4, 0.5) is 0 Å². The second kappa shape index (κ2) is 5.59. The summed E-state index contributed by atoms with van der Waals surface area (Å²) in [6.07, 6.45) is 0. The fraction of sp³-hybridized carbons (Fsp3) is 0.250. The summed E-state index contributed by atoms with van der Waals surface area (Å²) in [5, 5.41) is 0. The highest BCUT2D eigenvalue weighted by atomic mass is 35.5. The van der Waals surface area contributed by atoms with Crippen molar-refractivity contribution in [3.63, 3.8) is 0 Å². The molecule has 0 amide bonds. The van der Waals surface area contributed by atoms with E-state index in [2.05, 4.69) is 0 Å². The molecule has 1 aromatic carbocycles. The number of halogens is 2. The van der Waals surface area contributed by atoms with E-state index in [-0.39, 0.29) is 4.46 Å². The number of alkyl halides is 2. The Kier molecular flexibility index (Phi) is 4.69. The lowest BCUT2D eigenvalue weighted by atomic mass is 10.2. The van der Waals surface area contributed by atoms with E-state index in [1.165, 1.54) is 5.56 Å². The van der Waals surface area contributed by atoms with Crippen LogP contribution in [0.2, 0.25) is 0 Å². The molecule has 0 heterocycles. The molecule has 0 aromatic heterocycles. The molecule has 0 spiro atoms. The molecular weight excluding hydrogens is 211 g/mol. The van der Waals surface area contributed by atoms with Gasteiger partial charge in [0.25, 0.3) is 0 Å². The van der Waals surface area contributed by atoms with Gasteiger partial charge >= 0.3 is 0 Å². The predicted octanol–water partition coefficient (Wildman–Crippen LogP) is 2.05. The third-order valence-corrected chi connectivity index (χ3v) is 2.80. The highest BCUT2D eigenvalue weighted by Crippen LogP contribution is 2.03. The first-order valence-electron chi connectivity index (χ1n) is 3.69. The molecule has 0 aliphatic heterocycles. The molecule has 1 rings (SSSR count). The van der Waals surface area contributed by atoms with Gasteiger partial charge in [-0.05, 0) is 5.56 Å². The molecule has 1 nitrogen and oxygen atoms in total. The van der Waals surface area contributed by atoms with Crippen LogP contribution >= 0.6 is 23.2 Å². The van der Waals surface area contributed by atoms with Crippen molar-refractivity contribution >= 4 is 33.0 Å². The van der Waals surface area contributed by atoms with Crippen LogP contribution in [0.15, 0.2) is 30.3 Å². The van der Waals surface area contributed by atoms with Gasteiger partial charge in [-0.25, -0.2) is 0 Å². The molecule has 1 aromatic rings. The highest BCUT2D eigenvalue weighted by Gasteiger charge is 1.99. The van der Waals surface area contributed by atoms with Crippen molar-refractivity contribution in [1.82, 2.24) is 0 Å². The molecule has 66 valence electrons. The molecule has 0 radical (unpaired) electrons. The lowest BCUT2D eigenvalue weighted by Crippen LogP contribution is -2.06. The Morgan fingerprint density at radius 1 is 1.25 bits per heavy atom. The minimum absolute atomic E-state index is 0.297. The number of hydrogen-bond donors (Lipinski definition) is 0. The monoisotopic (exact) mass is 220 g/mol. The third kappa shape index (κ3) is 4.12. The van der Waals surface area contributed by atoms with Gasteiger partial charge in [0.05, 0.1) is 6.61 Å². The fourth-order valence-electron chi connectivity index (χ4n) is 0.840. The van der Waals surface area contributed by atoms with Crippen LogP contribution < -0.4 is 0 Å². The second-order valence-electron chi connectivity index (χ2n) is 2.39. The van der Waals surface area contributed by atoms with Crippen molar-refractivity contribution < 1.29 is 4.43 Å². The summed E-state index contributed by atoms with van der Waals surface area (Å²) < 4.78 is 5.06. The maximum absolute atomic E-state index is 5.55. The van der Waals surface area contributed by atoms with E-state index in [0.717, 1.165) is 0 Å². The number of benzene rings is 1. The van der Waals surface area contributed by atoms with Gasteiger partial charge in [-0.2, -0.15) is 0 Å². The Morgan fingerprint density at radius 2 is 1.92 bits per heavy atom. The largest absolute Gasteiger partial charge is 0.417 e. The molecule has 0 saturated heterocycles. The zero-order valence-corrected chi connectivity index (χ0v) is 9.47. The molecule has 12 heavy (non-hydrogen) atoms. The Balaban J connectivity index is 2.25. The van der Waals surface area contributed by atoms with Gasteiger partial charge in [-0.3, -0.25) is 0 Å². The van der Waals surface area contributed by atoms with Gasteiger partial charge in [0, 0.05) is 0 Å². The van der Waals surface area contributed by atoms with E-state index in [1.54, 1.807) is 0 Å². The molecule has 0 aliphatic rings. The van der Waals surface area contributed by atoms with Gasteiger partial charge in [-0.15, -0.1) is 23.2 Å². The van der Waals surface area contributed by atoms with Crippen LogP contribution in [0.5, 0.6) is 0 Å². The minimum atomic E-state index is -0.767. The van der Waals surface area contributed by atoms with Crippen molar-refractivity contribution in [2.45, 2.75) is 11.1 Å². The van der Waals surface area contributed by atoms with Crippen molar-refractivity contribution in [3.05, 3.63) is 35.9 Å². The van der Waals surface area contributed by atoms with Crippen LogP contribution in [0, 0.1) is 0 Å². The molecule has 0 aliphatic carbocycles. The van der Waals surface area contributed by atoms with Crippen LogP contribution in [-0.2, 0) is 11.0 Å². The average molecular weight is 221 g/mol. The lowest BCUT2D eigenvalue weighted by molar-refractivity contribution is 0.325. The van der Waals surface area contributed by atoms with Gasteiger partial charge in [-0.1, -0.05) is 30.3 Å². The Bertz CT molecular complexity index is 216. The van der Waals surface area contributed by atoms with Crippen molar-refractivity contribution in [1.29, 1.82) is 0 Å². The average Bonchev–Trinajstić information content (AvgIpc) is 2.05. The molecule has 0 fully saturated rings. The van der Waals surface area contributed by atoms with E-state index < -0.39 is 9.76 Å². The molecule has 0 N–H and O–H groups in total. The van der Waals surface area contributed by atoms with Crippen molar-refractivity contribution in [3.8, 4) is 0 Å². The zero-order chi connectivity index (χ0) is 8.81. The summed E-state index contributed by atoms with van der Waals surface area (Å²) in [7, 11) is -0.767. The van der Waals surface area contributed by atoms with Crippen LogP contribution in [0.25, 0.3) is 0 Å². The summed E-state index contributed by atoms with van der Waals surface area (Å²) in [5.74, 6) is 0. The number of hydrogen-bond acceptors (Lipinski definition) is 1. The normalized spacial score (nSPS) is 11.6. The van der Waals surface area contributed by atoms with Gasteiger partial charge in [0.1, 0.15) is 4.46 Å². The maximum Gasteiger partial charge on any atom is 0.196 e. The van der Waals surface area contributed by atoms with E-state index in [4.69, 9.17) is 27.6 Å². The Labute approximate surface area is 84.6 Å². The summed E-state index contributed by atoms with van der Waals surface area (Å²) in [6.45, 7) is 0.628. The first-order valence-corrected chi connectivity index (χ1v) is 5.95. The van der Waals surface area contributed by atoms with E-state index in [0.29, 0.717) is 6.61 Å². The van der Waals surface area contributed by atoms with E-state index in [1.807, 2.05) is 30.3 Å². The molecular formula is C8H10Cl2OSi. The summed E-state index contributed by atoms with van der Waals surface area (Å²) >= 11 is 11.1. The first-order chi connectivity index (χ1) is 5.79. The second-order valence-corrected chi connectivity index (χ2v) is 6.26.